The summed E-state index contributed by atoms with van der Waals surface area (Å²) >= 11 is 12.0. The number of carbonyl (C=O) groups is 1. The Bertz CT molecular complexity index is 770. The molecule has 1 aliphatic rings. The first-order valence-corrected chi connectivity index (χ1v) is 10.4. The highest BCUT2D eigenvalue weighted by molar-refractivity contribution is 6.42. The maximum Gasteiger partial charge on any atom is 0.220 e. The first-order chi connectivity index (χ1) is 13.0. The molecule has 3 rings (SSSR count). The van der Waals surface area contributed by atoms with Crippen molar-refractivity contribution in [2.75, 3.05) is 18.0 Å². The van der Waals surface area contributed by atoms with E-state index >= 15 is 0 Å². The molecule has 1 unspecified atom stereocenters. The van der Waals surface area contributed by atoms with Gasteiger partial charge in [-0.1, -0.05) is 41.4 Å². The average Bonchev–Trinajstić information content (AvgIpc) is 2.69. The van der Waals surface area contributed by atoms with Gasteiger partial charge < -0.3 is 10.2 Å². The molecule has 3 nitrogen and oxygen atoms in total. The fourth-order valence-corrected chi connectivity index (χ4v) is 3.80. The number of piperidine rings is 1. The zero-order valence-corrected chi connectivity index (χ0v) is 17.2. The SMILES string of the molecule is CC(NC(=O)CCc1ccc(Cl)c(Cl)c1)c1ccc(N2CCCCC2)cc1. The molecule has 1 atom stereocenters. The highest BCUT2D eigenvalue weighted by Gasteiger charge is 2.13. The molecule has 27 heavy (non-hydrogen) atoms. The number of halogens is 2. The summed E-state index contributed by atoms with van der Waals surface area (Å²) in [6.45, 7) is 4.30. The Morgan fingerprint density at radius 1 is 1.04 bits per heavy atom. The lowest BCUT2D eigenvalue weighted by atomic mass is 10.1. The van der Waals surface area contributed by atoms with Gasteiger partial charge in [0.1, 0.15) is 0 Å². The van der Waals surface area contributed by atoms with Crippen LogP contribution in [0.1, 0.15) is 49.8 Å². The van der Waals surface area contributed by atoms with Crippen molar-refractivity contribution in [3.05, 3.63) is 63.6 Å². The third-order valence-electron chi connectivity index (χ3n) is 5.12. The molecule has 2 aromatic rings. The van der Waals surface area contributed by atoms with Gasteiger partial charge in [-0.2, -0.15) is 0 Å². The smallest absolute Gasteiger partial charge is 0.220 e. The van der Waals surface area contributed by atoms with E-state index in [0.29, 0.717) is 22.9 Å². The Hall–Kier alpha value is -1.71. The van der Waals surface area contributed by atoms with E-state index in [0.717, 1.165) is 24.2 Å². The molecule has 144 valence electrons. The number of rotatable bonds is 6. The van der Waals surface area contributed by atoms with Gasteiger partial charge in [0.15, 0.2) is 0 Å². The third-order valence-corrected chi connectivity index (χ3v) is 5.86. The Labute approximate surface area is 171 Å². The summed E-state index contributed by atoms with van der Waals surface area (Å²) in [6.07, 6.45) is 4.94. The number of hydrogen-bond acceptors (Lipinski definition) is 2. The second-order valence-electron chi connectivity index (χ2n) is 7.18. The topological polar surface area (TPSA) is 32.3 Å². The standard InChI is InChI=1S/C22H26Cl2N2O/c1-16(18-7-9-19(10-8-18)26-13-3-2-4-14-26)25-22(27)12-6-17-5-11-20(23)21(24)15-17/h5,7-11,15-16H,2-4,6,12-14H2,1H3,(H,25,27). The molecule has 0 aromatic heterocycles. The predicted octanol–water partition coefficient (Wildman–Crippen LogP) is 5.79. The molecule has 5 heteroatoms. The quantitative estimate of drug-likeness (QED) is 0.659. The summed E-state index contributed by atoms with van der Waals surface area (Å²) in [5.74, 6) is 0.0358. The molecule has 0 aliphatic carbocycles. The van der Waals surface area contributed by atoms with Crippen LogP contribution in [0.5, 0.6) is 0 Å². The molecule has 1 aliphatic heterocycles. The van der Waals surface area contributed by atoms with Gasteiger partial charge in [0.2, 0.25) is 5.91 Å². The second-order valence-corrected chi connectivity index (χ2v) is 7.99. The van der Waals surface area contributed by atoms with Crippen molar-refractivity contribution in [3.63, 3.8) is 0 Å². The number of nitrogens with one attached hydrogen (secondary N) is 1. The van der Waals surface area contributed by atoms with E-state index in [1.54, 1.807) is 6.07 Å². The summed E-state index contributed by atoms with van der Waals surface area (Å²) in [7, 11) is 0. The normalized spacial score (nSPS) is 15.4. The lowest BCUT2D eigenvalue weighted by Crippen LogP contribution is -2.29. The number of amides is 1. The number of anilines is 1. The summed E-state index contributed by atoms with van der Waals surface area (Å²) < 4.78 is 0. The summed E-state index contributed by atoms with van der Waals surface area (Å²) in [4.78, 5) is 14.7. The van der Waals surface area contributed by atoms with E-state index in [-0.39, 0.29) is 11.9 Å². The monoisotopic (exact) mass is 404 g/mol. The first-order valence-electron chi connectivity index (χ1n) is 9.61. The van der Waals surface area contributed by atoms with E-state index in [1.165, 1.54) is 24.9 Å². The summed E-state index contributed by atoms with van der Waals surface area (Å²) in [5, 5.41) is 4.14. The van der Waals surface area contributed by atoms with Crippen molar-refractivity contribution >= 4 is 34.8 Å². The number of aryl methyl sites for hydroxylation is 1. The van der Waals surface area contributed by atoms with Crippen molar-refractivity contribution in [1.82, 2.24) is 5.32 Å². The van der Waals surface area contributed by atoms with Crippen LogP contribution in [0.3, 0.4) is 0 Å². The minimum absolute atomic E-state index is 0.0123. The van der Waals surface area contributed by atoms with E-state index in [9.17, 15) is 4.79 Å². The van der Waals surface area contributed by atoms with Gasteiger partial charge >= 0.3 is 0 Å². The van der Waals surface area contributed by atoms with Crippen LogP contribution >= 0.6 is 23.2 Å². The molecule has 1 heterocycles. The highest BCUT2D eigenvalue weighted by atomic mass is 35.5. The molecule has 1 N–H and O–H groups in total. The number of carbonyl (C=O) groups excluding carboxylic acids is 1. The zero-order chi connectivity index (χ0) is 19.2. The van der Waals surface area contributed by atoms with Gasteiger partial charge in [0.05, 0.1) is 16.1 Å². The molecule has 0 radical (unpaired) electrons. The molecular weight excluding hydrogens is 379 g/mol. The summed E-state index contributed by atoms with van der Waals surface area (Å²) in [6, 6.07) is 14.1. The van der Waals surface area contributed by atoms with E-state index in [1.807, 2.05) is 19.1 Å². The Morgan fingerprint density at radius 3 is 2.41 bits per heavy atom. The molecule has 0 saturated carbocycles. The molecule has 0 spiro atoms. The van der Waals surface area contributed by atoms with Crippen LogP contribution < -0.4 is 10.2 Å². The number of nitrogens with zero attached hydrogens (tertiary/aromatic N) is 1. The third kappa shape index (κ3) is 5.63. The van der Waals surface area contributed by atoms with Crippen LogP contribution in [0.2, 0.25) is 10.0 Å². The van der Waals surface area contributed by atoms with Crippen molar-refractivity contribution in [1.29, 1.82) is 0 Å². The van der Waals surface area contributed by atoms with Crippen LogP contribution in [0.15, 0.2) is 42.5 Å². The molecule has 0 bridgehead atoms. The molecule has 1 saturated heterocycles. The fraction of sp³-hybridized carbons (Fsp3) is 0.409. The minimum Gasteiger partial charge on any atom is -0.372 e. The van der Waals surface area contributed by atoms with Crippen molar-refractivity contribution < 1.29 is 4.79 Å². The average molecular weight is 405 g/mol. The highest BCUT2D eigenvalue weighted by Crippen LogP contribution is 2.24. The van der Waals surface area contributed by atoms with Gasteiger partial charge in [-0.25, -0.2) is 0 Å². The van der Waals surface area contributed by atoms with Crippen LogP contribution in [0.25, 0.3) is 0 Å². The largest absolute Gasteiger partial charge is 0.372 e. The van der Waals surface area contributed by atoms with Gasteiger partial charge in [-0.05, 0) is 68.0 Å². The predicted molar refractivity (Wildman–Crippen MR) is 114 cm³/mol. The maximum absolute atomic E-state index is 12.3. The van der Waals surface area contributed by atoms with Crippen LogP contribution in [0.4, 0.5) is 5.69 Å². The van der Waals surface area contributed by atoms with E-state index in [2.05, 4.69) is 34.5 Å². The molecule has 1 fully saturated rings. The fourth-order valence-electron chi connectivity index (χ4n) is 3.48. The Morgan fingerprint density at radius 2 is 1.74 bits per heavy atom. The van der Waals surface area contributed by atoms with Gasteiger partial charge in [-0.3, -0.25) is 4.79 Å². The summed E-state index contributed by atoms with van der Waals surface area (Å²) in [5.41, 5.74) is 3.41. The second kappa shape index (κ2) is 9.48. The minimum atomic E-state index is -0.0123. The Kier molecular flexibility index (Phi) is 7.03. The van der Waals surface area contributed by atoms with Crippen molar-refractivity contribution in [3.8, 4) is 0 Å². The maximum atomic E-state index is 12.3. The number of benzene rings is 2. The van der Waals surface area contributed by atoms with Gasteiger partial charge in [-0.15, -0.1) is 0 Å². The van der Waals surface area contributed by atoms with E-state index in [4.69, 9.17) is 23.2 Å². The van der Waals surface area contributed by atoms with Gasteiger partial charge in [0, 0.05) is 25.2 Å². The lowest BCUT2D eigenvalue weighted by Gasteiger charge is -2.29. The van der Waals surface area contributed by atoms with Crippen LogP contribution in [-0.2, 0) is 11.2 Å². The van der Waals surface area contributed by atoms with Gasteiger partial charge in [0.25, 0.3) is 0 Å². The zero-order valence-electron chi connectivity index (χ0n) is 15.7. The molecule has 1 amide bonds. The first kappa shape index (κ1) is 20.0. The molecular formula is C22H26Cl2N2O. The van der Waals surface area contributed by atoms with E-state index < -0.39 is 0 Å². The number of hydrogen-bond donors (Lipinski definition) is 1. The lowest BCUT2D eigenvalue weighted by molar-refractivity contribution is -0.121. The van der Waals surface area contributed by atoms with Crippen LogP contribution in [-0.4, -0.2) is 19.0 Å². The molecule has 2 aromatic carbocycles. The van der Waals surface area contributed by atoms with Crippen LogP contribution in [0, 0.1) is 0 Å². The van der Waals surface area contributed by atoms with Crippen molar-refractivity contribution in [2.24, 2.45) is 0 Å². The Balaban J connectivity index is 1.50. The van der Waals surface area contributed by atoms with Crippen molar-refractivity contribution in [2.45, 2.75) is 45.1 Å².